The molecule has 4 rings (SSSR count). The van der Waals surface area contributed by atoms with Crippen molar-refractivity contribution in [1.82, 2.24) is 14.9 Å². The predicted molar refractivity (Wildman–Crippen MR) is 102 cm³/mol. The molecule has 1 saturated carbocycles. The Morgan fingerprint density at radius 2 is 2.18 bits per heavy atom. The minimum atomic E-state index is -0.506. The molecule has 2 aromatic rings. The molecule has 0 amide bonds. The van der Waals surface area contributed by atoms with Gasteiger partial charge in [-0.2, -0.15) is 5.26 Å². The Labute approximate surface area is 162 Å². The summed E-state index contributed by atoms with van der Waals surface area (Å²) >= 11 is 0. The first-order valence-electron chi connectivity index (χ1n) is 9.46. The van der Waals surface area contributed by atoms with Crippen molar-refractivity contribution >= 4 is 17.5 Å². The Bertz CT molecular complexity index is 855. The zero-order valence-electron chi connectivity index (χ0n) is 15.5. The number of aromatic amines is 1. The third-order valence-corrected chi connectivity index (χ3v) is 4.72. The number of hydrogen-bond acceptors (Lipinski definition) is 7. The summed E-state index contributed by atoms with van der Waals surface area (Å²) in [5.41, 5.74) is 0.443. The number of morpholine rings is 1. The molecular weight excluding hydrogens is 363 g/mol. The number of rotatable bonds is 8. The number of benzene rings is 1. The van der Waals surface area contributed by atoms with Gasteiger partial charge in [0, 0.05) is 31.7 Å². The number of aromatic nitrogens is 2. The number of hydrogen-bond donors (Lipinski definition) is 3. The second-order valence-electron chi connectivity index (χ2n) is 6.93. The van der Waals surface area contributed by atoms with E-state index in [1.807, 2.05) is 0 Å². The van der Waals surface area contributed by atoms with Crippen LogP contribution in [0.15, 0.2) is 18.3 Å². The molecule has 148 valence electrons. The van der Waals surface area contributed by atoms with Crippen LogP contribution in [0.1, 0.15) is 18.4 Å². The minimum Gasteiger partial charge on any atom is -0.491 e. The third-order valence-electron chi connectivity index (χ3n) is 4.72. The van der Waals surface area contributed by atoms with Gasteiger partial charge in [0.1, 0.15) is 30.1 Å². The number of nitriles is 1. The van der Waals surface area contributed by atoms with E-state index in [1.165, 1.54) is 12.1 Å². The fraction of sp³-hybridized carbons (Fsp3) is 0.474. The van der Waals surface area contributed by atoms with Crippen molar-refractivity contribution in [3.8, 4) is 11.8 Å². The van der Waals surface area contributed by atoms with Crippen molar-refractivity contribution < 1.29 is 13.9 Å². The standard InChI is InChI=1S/C19H23FN6O2/c20-15-10-17(28-8-5-26-3-6-27-7-4-26)13(11-21)9-16(15)24-19-22-12-18(25-19)23-14-1-2-14/h9-10,12,14,23H,1-8H2,(H2,22,24,25). The van der Waals surface area contributed by atoms with Crippen LogP contribution in [0.5, 0.6) is 5.75 Å². The van der Waals surface area contributed by atoms with Gasteiger partial charge in [0.25, 0.3) is 0 Å². The average molecular weight is 386 g/mol. The highest BCUT2D eigenvalue weighted by atomic mass is 19.1. The predicted octanol–water partition coefficient (Wildman–Crippen LogP) is 2.45. The summed E-state index contributed by atoms with van der Waals surface area (Å²) in [6.45, 7) is 4.22. The topological polar surface area (TPSA) is 98.2 Å². The number of nitrogens with one attached hydrogen (secondary N) is 3. The molecular formula is C19H23FN6O2. The van der Waals surface area contributed by atoms with E-state index in [4.69, 9.17) is 9.47 Å². The minimum absolute atomic E-state index is 0.171. The van der Waals surface area contributed by atoms with E-state index in [2.05, 4.69) is 31.6 Å². The maximum atomic E-state index is 14.5. The lowest BCUT2D eigenvalue weighted by Gasteiger charge is -2.26. The van der Waals surface area contributed by atoms with Crippen LogP contribution in [0.3, 0.4) is 0 Å². The van der Waals surface area contributed by atoms with E-state index in [-0.39, 0.29) is 17.0 Å². The second kappa shape index (κ2) is 8.46. The molecule has 0 spiro atoms. The van der Waals surface area contributed by atoms with Crippen LogP contribution < -0.4 is 15.4 Å². The van der Waals surface area contributed by atoms with Gasteiger partial charge in [-0.1, -0.05) is 0 Å². The third kappa shape index (κ3) is 4.71. The molecule has 1 aliphatic carbocycles. The summed E-state index contributed by atoms with van der Waals surface area (Å²) in [5.74, 6) is 0.934. The molecule has 9 heteroatoms. The number of anilines is 3. The summed E-state index contributed by atoms with van der Waals surface area (Å²) in [7, 11) is 0. The first kappa shape index (κ1) is 18.5. The van der Waals surface area contributed by atoms with Crippen LogP contribution in [0.2, 0.25) is 0 Å². The van der Waals surface area contributed by atoms with E-state index in [9.17, 15) is 9.65 Å². The fourth-order valence-corrected chi connectivity index (χ4v) is 3.00. The molecule has 2 aliphatic rings. The van der Waals surface area contributed by atoms with Crippen LogP contribution in [0, 0.1) is 17.1 Å². The maximum Gasteiger partial charge on any atom is 0.206 e. The summed E-state index contributed by atoms with van der Waals surface area (Å²) in [5, 5.41) is 15.6. The molecule has 2 heterocycles. The molecule has 1 saturated heterocycles. The van der Waals surface area contributed by atoms with E-state index in [1.54, 1.807) is 6.20 Å². The van der Waals surface area contributed by atoms with E-state index < -0.39 is 5.82 Å². The fourth-order valence-electron chi connectivity index (χ4n) is 3.00. The van der Waals surface area contributed by atoms with Crippen molar-refractivity contribution in [1.29, 1.82) is 5.26 Å². The van der Waals surface area contributed by atoms with Gasteiger partial charge in [-0.15, -0.1) is 0 Å². The Balaban J connectivity index is 1.38. The van der Waals surface area contributed by atoms with Gasteiger partial charge in [0.15, 0.2) is 0 Å². The van der Waals surface area contributed by atoms with Crippen LogP contribution >= 0.6 is 0 Å². The lowest BCUT2D eigenvalue weighted by atomic mass is 10.2. The summed E-state index contributed by atoms with van der Waals surface area (Å²) < 4.78 is 25.5. The first-order valence-corrected chi connectivity index (χ1v) is 9.46. The molecule has 3 N–H and O–H groups in total. The summed E-state index contributed by atoms with van der Waals surface area (Å²) in [4.78, 5) is 9.45. The van der Waals surface area contributed by atoms with Crippen molar-refractivity contribution in [2.45, 2.75) is 18.9 Å². The van der Waals surface area contributed by atoms with E-state index in [0.29, 0.717) is 38.4 Å². The van der Waals surface area contributed by atoms with Gasteiger partial charge in [0.2, 0.25) is 5.95 Å². The molecule has 8 nitrogen and oxygen atoms in total. The summed E-state index contributed by atoms with van der Waals surface area (Å²) in [6.07, 6.45) is 3.96. The monoisotopic (exact) mass is 386 g/mol. The normalized spacial score (nSPS) is 17.1. The van der Waals surface area contributed by atoms with Crippen LogP contribution in [0.25, 0.3) is 0 Å². The first-order chi connectivity index (χ1) is 13.7. The quantitative estimate of drug-likeness (QED) is 0.641. The largest absolute Gasteiger partial charge is 0.491 e. The lowest BCUT2D eigenvalue weighted by molar-refractivity contribution is 0.0322. The van der Waals surface area contributed by atoms with Gasteiger partial charge in [-0.25, -0.2) is 9.37 Å². The molecule has 0 unspecified atom stereocenters. The maximum absolute atomic E-state index is 14.5. The number of halogens is 1. The second-order valence-corrected chi connectivity index (χ2v) is 6.93. The van der Waals surface area contributed by atoms with Crippen LogP contribution in [0.4, 0.5) is 21.8 Å². The molecule has 0 radical (unpaired) electrons. The van der Waals surface area contributed by atoms with Crippen LogP contribution in [-0.2, 0) is 4.74 Å². The van der Waals surface area contributed by atoms with Gasteiger partial charge < -0.3 is 25.1 Å². The number of H-pyrrole nitrogens is 1. The Morgan fingerprint density at radius 3 is 2.93 bits per heavy atom. The smallest absolute Gasteiger partial charge is 0.206 e. The highest BCUT2D eigenvalue weighted by Gasteiger charge is 2.21. The molecule has 0 atom stereocenters. The molecule has 1 aromatic heterocycles. The van der Waals surface area contributed by atoms with Crippen molar-refractivity contribution in [3.63, 3.8) is 0 Å². The number of ether oxygens (including phenoxy) is 2. The van der Waals surface area contributed by atoms with Gasteiger partial charge >= 0.3 is 0 Å². The van der Waals surface area contributed by atoms with Gasteiger partial charge in [-0.05, 0) is 18.9 Å². The van der Waals surface area contributed by atoms with Crippen molar-refractivity contribution in [3.05, 3.63) is 29.7 Å². The van der Waals surface area contributed by atoms with Gasteiger partial charge in [-0.3, -0.25) is 4.90 Å². The summed E-state index contributed by atoms with van der Waals surface area (Å²) in [6, 6.07) is 5.24. The Hall–Kier alpha value is -2.83. The zero-order valence-corrected chi connectivity index (χ0v) is 15.5. The average Bonchev–Trinajstić information content (AvgIpc) is 3.41. The number of imidazole rings is 1. The van der Waals surface area contributed by atoms with Gasteiger partial charge in [0.05, 0.1) is 30.7 Å². The Morgan fingerprint density at radius 1 is 1.36 bits per heavy atom. The number of nitrogens with zero attached hydrogens (tertiary/aromatic N) is 3. The highest BCUT2D eigenvalue weighted by molar-refractivity contribution is 5.62. The van der Waals surface area contributed by atoms with E-state index >= 15 is 0 Å². The Kier molecular flexibility index (Phi) is 5.60. The molecule has 28 heavy (non-hydrogen) atoms. The lowest BCUT2D eigenvalue weighted by Crippen LogP contribution is -2.38. The molecule has 0 bridgehead atoms. The SMILES string of the molecule is N#Cc1cc(Nc2ncc(NC3CC3)[nH]2)c(F)cc1OCCN1CCOCC1. The van der Waals surface area contributed by atoms with Crippen molar-refractivity contribution in [2.24, 2.45) is 0 Å². The van der Waals surface area contributed by atoms with Crippen molar-refractivity contribution in [2.75, 3.05) is 50.1 Å². The highest BCUT2D eigenvalue weighted by Crippen LogP contribution is 2.28. The van der Waals surface area contributed by atoms with Crippen LogP contribution in [-0.4, -0.2) is 60.4 Å². The zero-order chi connectivity index (χ0) is 19.3. The van der Waals surface area contributed by atoms with E-state index in [0.717, 1.165) is 31.7 Å². The molecule has 1 aliphatic heterocycles. The molecule has 1 aromatic carbocycles. The molecule has 2 fully saturated rings.